The summed E-state index contributed by atoms with van der Waals surface area (Å²) in [7, 11) is 0. The lowest BCUT2D eigenvalue weighted by atomic mass is 10.2. The largest absolute Gasteiger partial charge is 0.374 e. The van der Waals surface area contributed by atoms with Crippen LogP contribution in [0.3, 0.4) is 0 Å². The Kier molecular flexibility index (Phi) is 3.88. The molecule has 0 saturated heterocycles. The van der Waals surface area contributed by atoms with Crippen molar-refractivity contribution in [1.29, 1.82) is 0 Å². The quantitative estimate of drug-likeness (QED) is 0.685. The average molecular weight is 166 g/mol. The van der Waals surface area contributed by atoms with Crippen LogP contribution in [0.5, 0.6) is 0 Å². The number of hydrogen-bond donors (Lipinski definition) is 1. The maximum atomic E-state index is 5.51. The first-order chi connectivity index (χ1) is 5.86. The van der Waals surface area contributed by atoms with Crippen LogP contribution in [0.25, 0.3) is 0 Å². The second kappa shape index (κ2) is 4.99. The molecule has 0 bridgehead atoms. The molecule has 2 N–H and O–H groups in total. The van der Waals surface area contributed by atoms with Crippen molar-refractivity contribution in [1.82, 2.24) is 4.90 Å². The van der Waals surface area contributed by atoms with Crippen LogP contribution < -0.4 is 5.73 Å². The topological polar surface area (TPSA) is 29.3 Å². The van der Waals surface area contributed by atoms with Gasteiger partial charge in [-0.3, -0.25) is 0 Å². The number of nitrogens with two attached hydrogens (primary N) is 1. The highest BCUT2D eigenvalue weighted by molar-refractivity contribution is 5.23. The van der Waals surface area contributed by atoms with Gasteiger partial charge in [0, 0.05) is 19.6 Å². The second-order valence-electron chi connectivity index (χ2n) is 3.15. The summed E-state index contributed by atoms with van der Waals surface area (Å²) in [5, 5.41) is 0. The van der Waals surface area contributed by atoms with E-state index in [1.165, 1.54) is 25.0 Å². The molecule has 1 aliphatic rings. The molecule has 0 aromatic heterocycles. The van der Waals surface area contributed by atoms with Gasteiger partial charge in [-0.2, -0.15) is 0 Å². The first-order valence-electron chi connectivity index (χ1n) is 4.68. The van der Waals surface area contributed by atoms with Crippen molar-refractivity contribution < 1.29 is 0 Å². The summed E-state index contributed by atoms with van der Waals surface area (Å²) in [6.45, 7) is 5.08. The van der Waals surface area contributed by atoms with Crippen LogP contribution in [0.15, 0.2) is 23.9 Å². The van der Waals surface area contributed by atoms with Crippen LogP contribution in [-0.4, -0.2) is 24.5 Å². The lowest BCUT2D eigenvalue weighted by molar-refractivity contribution is 0.399. The van der Waals surface area contributed by atoms with E-state index in [9.17, 15) is 0 Å². The number of rotatable bonds is 4. The Hall–Kier alpha value is -0.760. The summed E-state index contributed by atoms with van der Waals surface area (Å²) in [6.07, 6.45) is 9.00. The molecule has 0 aromatic carbocycles. The number of unbranched alkanes of at least 4 members (excludes halogenated alkanes) is 1. The van der Waals surface area contributed by atoms with E-state index >= 15 is 0 Å². The molecule has 0 amide bonds. The fraction of sp³-hybridized carbons (Fsp3) is 0.600. The third-order valence-electron chi connectivity index (χ3n) is 2.12. The first-order valence-corrected chi connectivity index (χ1v) is 4.68. The predicted octanol–water partition coefficient (Wildman–Crippen LogP) is 1.50. The van der Waals surface area contributed by atoms with Crippen molar-refractivity contribution in [3.8, 4) is 0 Å². The average Bonchev–Trinajstić information content (AvgIpc) is 2.15. The Labute approximate surface area is 74.7 Å². The molecular formula is C10H18N2. The van der Waals surface area contributed by atoms with Crippen molar-refractivity contribution in [2.24, 2.45) is 5.73 Å². The van der Waals surface area contributed by atoms with E-state index in [2.05, 4.69) is 30.2 Å². The third-order valence-corrected chi connectivity index (χ3v) is 2.12. The molecule has 2 heteroatoms. The van der Waals surface area contributed by atoms with Gasteiger partial charge < -0.3 is 10.6 Å². The minimum atomic E-state index is 0.665. The van der Waals surface area contributed by atoms with E-state index in [4.69, 9.17) is 5.73 Å². The van der Waals surface area contributed by atoms with Crippen LogP contribution in [0.2, 0.25) is 0 Å². The molecule has 0 saturated carbocycles. The zero-order valence-corrected chi connectivity index (χ0v) is 7.79. The molecule has 0 spiro atoms. The van der Waals surface area contributed by atoms with E-state index in [-0.39, 0.29) is 0 Å². The molecule has 0 aromatic rings. The molecule has 0 atom stereocenters. The van der Waals surface area contributed by atoms with Crippen molar-refractivity contribution >= 4 is 0 Å². The predicted molar refractivity (Wildman–Crippen MR) is 52.8 cm³/mol. The van der Waals surface area contributed by atoms with Crippen molar-refractivity contribution in [2.45, 2.75) is 19.8 Å². The molecular weight excluding hydrogens is 148 g/mol. The Balaban J connectivity index is 2.28. The van der Waals surface area contributed by atoms with Crippen LogP contribution in [0, 0.1) is 0 Å². The molecule has 12 heavy (non-hydrogen) atoms. The minimum Gasteiger partial charge on any atom is -0.374 e. The van der Waals surface area contributed by atoms with Gasteiger partial charge in [-0.15, -0.1) is 0 Å². The first kappa shape index (κ1) is 9.33. The maximum absolute atomic E-state index is 5.51. The molecule has 68 valence electrons. The highest BCUT2D eigenvalue weighted by Gasteiger charge is 2.01. The zero-order chi connectivity index (χ0) is 8.81. The molecule has 0 fully saturated rings. The summed E-state index contributed by atoms with van der Waals surface area (Å²) in [6, 6.07) is 0. The number of nitrogens with zero attached hydrogens (tertiary/aromatic N) is 1. The molecule has 1 heterocycles. The Morgan fingerprint density at radius 3 is 2.92 bits per heavy atom. The molecule has 0 aliphatic carbocycles. The summed E-state index contributed by atoms with van der Waals surface area (Å²) < 4.78 is 0. The highest BCUT2D eigenvalue weighted by Crippen LogP contribution is 2.06. The van der Waals surface area contributed by atoms with Gasteiger partial charge >= 0.3 is 0 Å². The highest BCUT2D eigenvalue weighted by atomic mass is 15.1. The van der Waals surface area contributed by atoms with E-state index in [0.717, 1.165) is 6.54 Å². The van der Waals surface area contributed by atoms with E-state index < -0.39 is 0 Å². The van der Waals surface area contributed by atoms with Gasteiger partial charge in [0.15, 0.2) is 0 Å². The van der Waals surface area contributed by atoms with E-state index in [1.807, 2.05) is 0 Å². The summed E-state index contributed by atoms with van der Waals surface area (Å²) in [5.41, 5.74) is 6.76. The van der Waals surface area contributed by atoms with Gasteiger partial charge in [-0.25, -0.2) is 0 Å². The molecule has 0 radical (unpaired) electrons. The van der Waals surface area contributed by atoms with Gasteiger partial charge in [0.05, 0.1) is 0 Å². The maximum Gasteiger partial charge on any atom is 0.0360 e. The Morgan fingerprint density at radius 1 is 1.58 bits per heavy atom. The van der Waals surface area contributed by atoms with Crippen LogP contribution in [0.1, 0.15) is 19.8 Å². The number of hydrogen-bond acceptors (Lipinski definition) is 2. The lowest BCUT2D eigenvalue weighted by Crippen LogP contribution is -2.22. The van der Waals surface area contributed by atoms with Gasteiger partial charge in [-0.1, -0.05) is 19.4 Å². The Bertz CT molecular complexity index is 182. The van der Waals surface area contributed by atoms with E-state index in [1.54, 1.807) is 0 Å². The van der Waals surface area contributed by atoms with Gasteiger partial charge in [0.1, 0.15) is 0 Å². The summed E-state index contributed by atoms with van der Waals surface area (Å²) in [4.78, 5) is 2.32. The fourth-order valence-corrected chi connectivity index (χ4v) is 1.24. The molecule has 1 rings (SSSR count). The SMILES string of the molecule is CCCCN1C=CC(CN)=CC1. The van der Waals surface area contributed by atoms with Gasteiger partial charge in [0.25, 0.3) is 0 Å². The Morgan fingerprint density at radius 2 is 2.42 bits per heavy atom. The molecule has 2 nitrogen and oxygen atoms in total. The standard InChI is InChI=1S/C10H18N2/c1-2-3-6-12-7-4-10(9-11)5-8-12/h4-5,7H,2-3,6,8-9,11H2,1H3. The smallest absolute Gasteiger partial charge is 0.0360 e. The fourth-order valence-electron chi connectivity index (χ4n) is 1.24. The van der Waals surface area contributed by atoms with E-state index in [0.29, 0.717) is 6.54 Å². The van der Waals surface area contributed by atoms with Crippen molar-refractivity contribution in [3.63, 3.8) is 0 Å². The van der Waals surface area contributed by atoms with Crippen molar-refractivity contribution in [3.05, 3.63) is 23.9 Å². The monoisotopic (exact) mass is 166 g/mol. The normalized spacial score (nSPS) is 16.5. The molecule has 0 unspecified atom stereocenters. The minimum absolute atomic E-state index is 0.665. The van der Waals surface area contributed by atoms with Crippen LogP contribution >= 0.6 is 0 Å². The van der Waals surface area contributed by atoms with Gasteiger partial charge in [-0.05, 0) is 24.3 Å². The van der Waals surface area contributed by atoms with Crippen molar-refractivity contribution in [2.75, 3.05) is 19.6 Å². The van der Waals surface area contributed by atoms with Crippen LogP contribution in [0.4, 0.5) is 0 Å². The molecule has 1 aliphatic heterocycles. The lowest BCUT2D eigenvalue weighted by Gasteiger charge is -2.21. The summed E-state index contributed by atoms with van der Waals surface area (Å²) in [5.74, 6) is 0. The second-order valence-corrected chi connectivity index (χ2v) is 3.15. The van der Waals surface area contributed by atoms with Gasteiger partial charge in [0.2, 0.25) is 0 Å². The zero-order valence-electron chi connectivity index (χ0n) is 7.79. The third kappa shape index (κ3) is 2.70. The van der Waals surface area contributed by atoms with Crippen LogP contribution in [-0.2, 0) is 0 Å². The summed E-state index contributed by atoms with van der Waals surface area (Å²) >= 11 is 0.